The molecule has 10 rings (SSSR count). The highest BCUT2D eigenvalue weighted by Gasteiger charge is 2.19. The molecule has 10 aromatic rings. The van der Waals surface area contributed by atoms with Gasteiger partial charge in [-0.3, -0.25) is 0 Å². The topological polar surface area (TPSA) is 38.7 Å². The molecule has 0 fully saturated rings. The number of hydrogen-bond acceptors (Lipinski definition) is 4. The van der Waals surface area contributed by atoms with Gasteiger partial charge in [-0.15, -0.1) is 11.3 Å². The van der Waals surface area contributed by atoms with Crippen molar-refractivity contribution in [3.05, 3.63) is 176 Å². The quantitative estimate of drug-likeness (QED) is 0.183. The highest BCUT2D eigenvalue weighted by molar-refractivity contribution is 7.26. The molecule has 51 heavy (non-hydrogen) atoms. The third-order valence-corrected chi connectivity index (χ3v) is 11.0. The maximum absolute atomic E-state index is 5.26. The van der Waals surface area contributed by atoms with Crippen LogP contribution in [-0.2, 0) is 0 Å². The maximum Gasteiger partial charge on any atom is 0.164 e. The van der Waals surface area contributed by atoms with Gasteiger partial charge in [0.15, 0.2) is 17.5 Å². The molecule has 0 atom stereocenters. The molecule has 3 nitrogen and oxygen atoms in total. The Morgan fingerprint density at radius 1 is 0.275 bits per heavy atom. The molecule has 2 heterocycles. The first-order chi connectivity index (χ1) is 25.3. The van der Waals surface area contributed by atoms with E-state index in [2.05, 4.69) is 158 Å². The Bertz CT molecular complexity index is 2910. The van der Waals surface area contributed by atoms with Gasteiger partial charge in [-0.1, -0.05) is 164 Å². The van der Waals surface area contributed by atoms with Crippen LogP contribution in [0.4, 0.5) is 0 Å². The number of aromatic nitrogens is 3. The van der Waals surface area contributed by atoms with Crippen molar-refractivity contribution in [1.82, 2.24) is 15.0 Å². The third kappa shape index (κ3) is 5.00. The first-order valence-corrected chi connectivity index (χ1v) is 17.9. The number of rotatable bonds is 5. The Labute approximate surface area is 299 Å². The summed E-state index contributed by atoms with van der Waals surface area (Å²) in [6.45, 7) is 0. The van der Waals surface area contributed by atoms with Crippen molar-refractivity contribution < 1.29 is 0 Å². The number of thiophene rings is 1. The standard InChI is InChI=1S/C47H29N3S/c1-3-14-30(15-4-1)32-21-11-23-36-33(32)22-12-26-41(36)46-48-45(31-16-5-2-6-17-31)49-47(50-46)42-29-28-37(34-18-7-8-19-35(34)42)39-24-13-25-40-38-20-9-10-27-43(38)51-44(39)40/h1-29H. The third-order valence-electron chi connectivity index (χ3n) is 9.77. The van der Waals surface area contributed by atoms with Crippen LogP contribution in [0, 0.1) is 0 Å². The second-order valence-electron chi connectivity index (χ2n) is 12.7. The van der Waals surface area contributed by atoms with Crippen LogP contribution >= 0.6 is 11.3 Å². The largest absolute Gasteiger partial charge is 0.208 e. The Kier molecular flexibility index (Phi) is 7.00. The molecule has 0 unspecified atom stereocenters. The summed E-state index contributed by atoms with van der Waals surface area (Å²) in [6, 6.07) is 62.0. The molecule has 0 aliphatic carbocycles. The molecular weight excluding hydrogens is 639 g/mol. The summed E-state index contributed by atoms with van der Waals surface area (Å²) in [5.41, 5.74) is 7.70. The second kappa shape index (κ2) is 12.1. The van der Waals surface area contributed by atoms with E-state index in [-0.39, 0.29) is 0 Å². The first kappa shape index (κ1) is 29.4. The van der Waals surface area contributed by atoms with Crippen molar-refractivity contribution >= 4 is 53.1 Å². The summed E-state index contributed by atoms with van der Waals surface area (Å²) in [5.74, 6) is 1.95. The smallest absolute Gasteiger partial charge is 0.164 e. The molecule has 0 bridgehead atoms. The van der Waals surface area contributed by atoms with Gasteiger partial charge in [-0.05, 0) is 50.4 Å². The van der Waals surface area contributed by atoms with Crippen LogP contribution in [0.25, 0.3) is 98.1 Å². The van der Waals surface area contributed by atoms with Crippen LogP contribution in [0.3, 0.4) is 0 Å². The van der Waals surface area contributed by atoms with Crippen LogP contribution in [0.15, 0.2) is 176 Å². The van der Waals surface area contributed by atoms with E-state index in [1.165, 1.54) is 47.8 Å². The second-order valence-corrected chi connectivity index (χ2v) is 13.8. The molecule has 0 saturated carbocycles. The molecular formula is C47H29N3S. The predicted molar refractivity (Wildman–Crippen MR) is 215 cm³/mol. The van der Waals surface area contributed by atoms with Crippen molar-refractivity contribution in [3.63, 3.8) is 0 Å². The summed E-state index contributed by atoms with van der Waals surface area (Å²) in [5, 5.41) is 7.13. The summed E-state index contributed by atoms with van der Waals surface area (Å²) in [7, 11) is 0. The van der Waals surface area contributed by atoms with Crippen LogP contribution < -0.4 is 0 Å². The fourth-order valence-electron chi connectivity index (χ4n) is 7.40. The number of nitrogens with zero attached hydrogens (tertiary/aromatic N) is 3. The van der Waals surface area contributed by atoms with Crippen molar-refractivity contribution in [1.29, 1.82) is 0 Å². The monoisotopic (exact) mass is 667 g/mol. The Morgan fingerprint density at radius 2 is 0.725 bits per heavy atom. The minimum absolute atomic E-state index is 0.648. The van der Waals surface area contributed by atoms with Gasteiger partial charge >= 0.3 is 0 Å². The first-order valence-electron chi connectivity index (χ1n) is 17.1. The number of benzene rings is 8. The summed E-state index contributed by atoms with van der Waals surface area (Å²) >= 11 is 1.86. The average molecular weight is 668 g/mol. The van der Waals surface area contributed by atoms with E-state index >= 15 is 0 Å². The SMILES string of the molecule is c1ccc(-c2nc(-c3cccc4c(-c5ccccc5)cccc34)nc(-c3ccc(-c4cccc5c4sc4ccccc45)c4ccccc34)n2)cc1. The van der Waals surface area contributed by atoms with Gasteiger partial charge in [-0.25, -0.2) is 15.0 Å². The van der Waals surface area contributed by atoms with Crippen molar-refractivity contribution in [3.8, 4) is 56.4 Å². The van der Waals surface area contributed by atoms with E-state index in [4.69, 9.17) is 15.0 Å². The van der Waals surface area contributed by atoms with Gasteiger partial charge in [0.25, 0.3) is 0 Å². The minimum atomic E-state index is 0.648. The van der Waals surface area contributed by atoms with Gasteiger partial charge in [0, 0.05) is 42.4 Å². The van der Waals surface area contributed by atoms with Gasteiger partial charge < -0.3 is 0 Å². The molecule has 0 aliphatic rings. The van der Waals surface area contributed by atoms with Gasteiger partial charge in [0.05, 0.1) is 0 Å². The highest BCUT2D eigenvalue weighted by atomic mass is 32.1. The molecule has 0 saturated heterocycles. The summed E-state index contributed by atoms with van der Waals surface area (Å²) in [6.07, 6.45) is 0. The highest BCUT2D eigenvalue weighted by Crippen LogP contribution is 2.43. The molecule has 4 heteroatoms. The van der Waals surface area contributed by atoms with Crippen molar-refractivity contribution in [2.45, 2.75) is 0 Å². The Hall–Kier alpha value is -6.49. The fourth-order valence-corrected chi connectivity index (χ4v) is 8.63. The van der Waals surface area contributed by atoms with E-state index in [1.54, 1.807) is 0 Å². The van der Waals surface area contributed by atoms with E-state index in [1.807, 2.05) is 29.5 Å². The lowest BCUT2D eigenvalue weighted by molar-refractivity contribution is 1.08. The normalized spacial score (nSPS) is 11.5. The number of fused-ring (bicyclic) bond motifs is 5. The zero-order valence-electron chi connectivity index (χ0n) is 27.5. The van der Waals surface area contributed by atoms with E-state index in [0.29, 0.717) is 17.5 Å². The molecule has 0 aliphatic heterocycles. The lowest BCUT2D eigenvalue weighted by Gasteiger charge is -2.14. The molecule has 0 spiro atoms. The predicted octanol–water partition coefficient (Wildman–Crippen LogP) is 12.9. The van der Waals surface area contributed by atoms with Crippen molar-refractivity contribution in [2.75, 3.05) is 0 Å². The molecule has 2 aromatic heterocycles. The summed E-state index contributed by atoms with van der Waals surface area (Å²) < 4.78 is 2.60. The molecule has 0 radical (unpaired) electrons. The van der Waals surface area contributed by atoms with Gasteiger partial charge in [-0.2, -0.15) is 0 Å². The van der Waals surface area contributed by atoms with Crippen LogP contribution in [0.2, 0.25) is 0 Å². The van der Waals surface area contributed by atoms with Gasteiger partial charge in [0.2, 0.25) is 0 Å². The van der Waals surface area contributed by atoms with Crippen LogP contribution in [-0.4, -0.2) is 15.0 Å². The van der Waals surface area contributed by atoms with Crippen LogP contribution in [0.5, 0.6) is 0 Å². The van der Waals surface area contributed by atoms with Gasteiger partial charge in [0.1, 0.15) is 0 Å². The summed E-state index contributed by atoms with van der Waals surface area (Å²) in [4.78, 5) is 15.6. The molecule has 0 N–H and O–H groups in total. The lowest BCUT2D eigenvalue weighted by Crippen LogP contribution is -2.01. The van der Waals surface area contributed by atoms with E-state index in [9.17, 15) is 0 Å². The average Bonchev–Trinajstić information content (AvgIpc) is 3.60. The number of hydrogen-bond donors (Lipinski definition) is 0. The fraction of sp³-hybridized carbons (Fsp3) is 0. The minimum Gasteiger partial charge on any atom is -0.208 e. The zero-order valence-corrected chi connectivity index (χ0v) is 28.3. The maximum atomic E-state index is 5.26. The lowest BCUT2D eigenvalue weighted by atomic mass is 9.93. The Balaban J connectivity index is 1.19. The zero-order chi connectivity index (χ0) is 33.7. The molecule has 0 amide bonds. The van der Waals surface area contributed by atoms with Crippen LogP contribution in [0.1, 0.15) is 0 Å². The molecule has 238 valence electrons. The van der Waals surface area contributed by atoms with E-state index < -0.39 is 0 Å². The molecule has 8 aromatic carbocycles. The van der Waals surface area contributed by atoms with Crippen molar-refractivity contribution in [2.24, 2.45) is 0 Å². The Morgan fingerprint density at radius 3 is 1.43 bits per heavy atom. The van der Waals surface area contributed by atoms with E-state index in [0.717, 1.165) is 32.8 Å².